The fourth-order valence-electron chi connectivity index (χ4n) is 2.92. The van der Waals surface area contributed by atoms with Gasteiger partial charge in [0.2, 0.25) is 11.5 Å². The summed E-state index contributed by atoms with van der Waals surface area (Å²) < 4.78 is 26.4. The van der Waals surface area contributed by atoms with Crippen LogP contribution in [0, 0.1) is 6.92 Å². The Labute approximate surface area is 167 Å². The van der Waals surface area contributed by atoms with Crippen LogP contribution in [0.1, 0.15) is 16.1 Å². The third-order valence-electron chi connectivity index (χ3n) is 4.31. The van der Waals surface area contributed by atoms with Gasteiger partial charge in [-0.2, -0.15) is 0 Å². The molecule has 0 spiro atoms. The third kappa shape index (κ3) is 4.11. The highest BCUT2D eigenvalue weighted by Gasteiger charge is 2.20. The van der Waals surface area contributed by atoms with Crippen molar-refractivity contribution in [3.8, 4) is 17.2 Å². The predicted molar refractivity (Wildman–Crippen MR) is 106 cm³/mol. The van der Waals surface area contributed by atoms with Gasteiger partial charge in [0, 0.05) is 28.8 Å². The van der Waals surface area contributed by atoms with Gasteiger partial charge < -0.3 is 28.7 Å². The number of amides is 1. The largest absolute Gasteiger partial charge is 0.493 e. The van der Waals surface area contributed by atoms with Crippen LogP contribution >= 0.6 is 0 Å². The van der Waals surface area contributed by atoms with Crippen molar-refractivity contribution in [3.63, 3.8) is 0 Å². The Morgan fingerprint density at radius 1 is 1.00 bits per heavy atom. The maximum absolute atomic E-state index is 12.3. The van der Waals surface area contributed by atoms with Crippen LogP contribution in [0.2, 0.25) is 0 Å². The Morgan fingerprint density at radius 3 is 2.24 bits per heavy atom. The molecule has 0 aliphatic carbocycles. The molecule has 3 rings (SSSR count). The number of fused-ring (bicyclic) bond motifs is 1. The molecule has 0 saturated heterocycles. The van der Waals surface area contributed by atoms with E-state index < -0.39 is 18.5 Å². The number of furan rings is 1. The zero-order chi connectivity index (χ0) is 21.0. The molecule has 8 nitrogen and oxygen atoms in total. The molecular weight excluding hydrogens is 378 g/mol. The van der Waals surface area contributed by atoms with Gasteiger partial charge in [-0.15, -0.1) is 0 Å². The number of hydrogen-bond acceptors (Lipinski definition) is 7. The minimum Gasteiger partial charge on any atom is -0.493 e. The van der Waals surface area contributed by atoms with Gasteiger partial charge in [-0.25, -0.2) is 4.79 Å². The summed E-state index contributed by atoms with van der Waals surface area (Å²) in [4.78, 5) is 24.6. The lowest BCUT2D eigenvalue weighted by molar-refractivity contribution is -0.119. The number of esters is 1. The summed E-state index contributed by atoms with van der Waals surface area (Å²) in [6.45, 7) is 1.28. The molecule has 1 amide bonds. The number of rotatable bonds is 7. The van der Waals surface area contributed by atoms with Crippen LogP contribution in [0.15, 0.2) is 40.8 Å². The molecule has 0 bridgehead atoms. The maximum Gasteiger partial charge on any atom is 0.375 e. The lowest BCUT2D eigenvalue weighted by Crippen LogP contribution is -2.21. The summed E-state index contributed by atoms with van der Waals surface area (Å²) in [5.74, 6) is 0.0146. The van der Waals surface area contributed by atoms with Gasteiger partial charge in [0.1, 0.15) is 5.58 Å². The Balaban J connectivity index is 1.68. The molecule has 1 aromatic heterocycles. The van der Waals surface area contributed by atoms with E-state index in [0.717, 1.165) is 5.39 Å². The number of carbonyl (C=O) groups excluding carboxylic acids is 2. The van der Waals surface area contributed by atoms with Crippen molar-refractivity contribution in [2.75, 3.05) is 33.3 Å². The minimum absolute atomic E-state index is 0.0757. The average Bonchev–Trinajstić information content (AvgIpc) is 3.08. The van der Waals surface area contributed by atoms with Crippen molar-refractivity contribution in [1.29, 1.82) is 0 Å². The van der Waals surface area contributed by atoms with Gasteiger partial charge in [0.15, 0.2) is 18.1 Å². The quantitative estimate of drug-likeness (QED) is 0.607. The van der Waals surface area contributed by atoms with Crippen molar-refractivity contribution in [3.05, 3.63) is 47.7 Å². The maximum atomic E-state index is 12.3. The van der Waals surface area contributed by atoms with Crippen molar-refractivity contribution < 1.29 is 33.0 Å². The fraction of sp³-hybridized carbons (Fsp3) is 0.238. The first-order chi connectivity index (χ1) is 14.0. The molecular formula is C21H21NO7. The molecule has 0 fully saturated rings. The lowest BCUT2D eigenvalue weighted by atomic mass is 10.1. The number of aryl methyl sites for hydroxylation is 1. The lowest BCUT2D eigenvalue weighted by Gasteiger charge is -2.14. The first-order valence-corrected chi connectivity index (χ1v) is 8.73. The van der Waals surface area contributed by atoms with Crippen molar-refractivity contribution in [2.24, 2.45) is 0 Å². The topological polar surface area (TPSA) is 96.2 Å². The summed E-state index contributed by atoms with van der Waals surface area (Å²) in [5.41, 5.74) is 1.65. The molecule has 8 heteroatoms. The van der Waals surface area contributed by atoms with Crippen LogP contribution in [0.25, 0.3) is 11.0 Å². The van der Waals surface area contributed by atoms with Crippen LogP contribution in [0.3, 0.4) is 0 Å². The molecule has 0 aliphatic rings. The fourth-order valence-corrected chi connectivity index (χ4v) is 2.92. The van der Waals surface area contributed by atoms with E-state index in [1.807, 2.05) is 18.2 Å². The predicted octanol–water partition coefficient (Wildman–Crippen LogP) is 3.56. The van der Waals surface area contributed by atoms with E-state index >= 15 is 0 Å². The van der Waals surface area contributed by atoms with Crippen LogP contribution in [-0.2, 0) is 9.53 Å². The summed E-state index contributed by atoms with van der Waals surface area (Å²) >= 11 is 0. The molecule has 3 aromatic rings. The second-order valence-corrected chi connectivity index (χ2v) is 6.09. The van der Waals surface area contributed by atoms with Crippen LogP contribution in [0.4, 0.5) is 5.69 Å². The molecule has 2 aromatic carbocycles. The van der Waals surface area contributed by atoms with E-state index in [1.54, 1.807) is 25.1 Å². The van der Waals surface area contributed by atoms with Gasteiger partial charge in [-0.3, -0.25) is 4.79 Å². The van der Waals surface area contributed by atoms with Crippen molar-refractivity contribution in [1.82, 2.24) is 0 Å². The smallest absolute Gasteiger partial charge is 0.375 e. The number of methoxy groups -OCH3 is 3. The van der Waals surface area contributed by atoms with E-state index in [2.05, 4.69) is 5.32 Å². The SMILES string of the molecule is COc1cc(NC(=O)COC(=O)c2oc3ccccc3c2C)cc(OC)c1OC. The minimum atomic E-state index is -0.709. The summed E-state index contributed by atoms with van der Waals surface area (Å²) in [6, 6.07) is 10.4. The van der Waals surface area contributed by atoms with E-state index in [0.29, 0.717) is 34.1 Å². The van der Waals surface area contributed by atoms with Crippen LogP contribution < -0.4 is 19.5 Å². The molecule has 152 valence electrons. The van der Waals surface area contributed by atoms with Gasteiger partial charge >= 0.3 is 5.97 Å². The zero-order valence-corrected chi connectivity index (χ0v) is 16.5. The molecule has 0 saturated carbocycles. The second-order valence-electron chi connectivity index (χ2n) is 6.09. The van der Waals surface area contributed by atoms with Gasteiger partial charge in [-0.1, -0.05) is 18.2 Å². The molecule has 1 N–H and O–H groups in total. The first-order valence-electron chi connectivity index (χ1n) is 8.73. The van der Waals surface area contributed by atoms with E-state index in [9.17, 15) is 9.59 Å². The Bertz CT molecular complexity index is 1030. The Morgan fingerprint density at radius 2 is 1.66 bits per heavy atom. The number of para-hydroxylation sites is 1. The van der Waals surface area contributed by atoms with E-state index in [4.69, 9.17) is 23.4 Å². The highest BCUT2D eigenvalue weighted by molar-refractivity contribution is 5.98. The summed E-state index contributed by atoms with van der Waals surface area (Å²) in [7, 11) is 4.43. The number of anilines is 1. The van der Waals surface area contributed by atoms with E-state index in [1.165, 1.54) is 21.3 Å². The number of nitrogens with one attached hydrogen (secondary N) is 1. The number of benzene rings is 2. The summed E-state index contributed by atoms with van der Waals surface area (Å²) in [6.07, 6.45) is 0. The number of ether oxygens (including phenoxy) is 4. The number of hydrogen-bond donors (Lipinski definition) is 1. The highest BCUT2D eigenvalue weighted by Crippen LogP contribution is 2.39. The highest BCUT2D eigenvalue weighted by atomic mass is 16.5. The van der Waals surface area contributed by atoms with Crippen molar-refractivity contribution >= 4 is 28.5 Å². The van der Waals surface area contributed by atoms with Gasteiger partial charge in [0.25, 0.3) is 5.91 Å². The Kier molecular flexibility index (Phi) is 5.92. The molecule has 0 aliphatic heterocycles. The monoisotopic (exact) mass is 399 g/mol. The van der Waals surface area contributed by atoms with Crippen molar-refractivity contribution in [2.45, 2.75) is 6.92 Å². The molecule has 0 unspecified atom stereocenters. The standard InChI is InChI=1S/C21H21NO7/c1-12-14-7-5-6-8-15(14)29-19(12)21(24)28-11-18(23)22-13-9-16(25-2)20(27-4)17(10-13)26-3/h5-10H,11H2,1-4H3,(H,22,23). The van der Waals surface area contributed by atoms with Gasteiger partial charge in [-0.05, 0) is 13.0 Å². The molecule has 29 heavy (non-hydrogen) atoms. The van der Waals surface area contributed by atoms with E-state index in [-0.39, 0.29) is 5.76 Å². The normalized spacial score (nSPS) is 10.5. The molecule has 1 heterocycles. The van der Waals surface area contributed by atoms with Crippen LogP contribution in [0.5, 0.6) is 17.2 Å². The molecule has 0 radical (unpaired) electrons. The number of carbonyl (C=O) groups is 2. The first kappa shape index (κ1) is 20.1. The molecule has 0 atom stereocenters. The zero-order valence-electron chi connectivity index (χ0n) is 16.5. The van der Waals surface area contributed by atoms with Crippen LogP contribution in [-0.4, -0.2) is 39.8 Å². The summed E-state index contributed by atoms with van der Waals surface area (Å²) in [5, 5.41) is 3.45. The van der Waals surface area contributed by atoms with Gasteiger partial charge in [0.05, 0.1) is 21.3 Å². The third-order valence-corrected chi connectivity index (χ3v) is 4.31. The Hall–Kier alpha value is -3.68. The second kappa shape index (κ2) is 8.55. The average molecular weight is 399 g/mol.